The van der Waals surface area contributed by atoms with Crippen LogP contribution in [0.5, 0.6) is 5.75 Å². The number of hydrogen-bond donors (Lipinski definition) is 2. The van der Waals surface area contributed by atoms with Gasteiger partial charge in [0, 0.05) is 60.4 Å². The lowest BCUT2D eigenvalue weighted by molar-refractivity contribution is -0.112. The summed E-state index contributed by atoms with van der Waals surface area (Å²) >= 11 is 7.45. The summed E-state index contributed by atoms with van der Waals surface area (Å²) in [7, 11) is 2.11. The van der Waals surface area contributed by atoms with Crippen molar-refractivity contribution in [2.45, 2.75) is 6.61 Å². The maximum absolute atomic E-state index is 13.4. The SMILES string of the molecule is C=C/C(C(=O)Nc1sc(-c2ccc(N3CCN(C)CC3)cc2)nc1-c1cc(Cl)ccc1OC(F)F)=C1/N=CC=CN1. The van der Waals surface area contributed by atoms with Crippen LogP contribution in [0.1, 0.15) is 0 Å². The molecule has 2 aromatic carbocycles. The van der Waals surface area contributed by atoms with Gasteiger partial charge >= 0.3 is 6.61 Å². The van der Waals surface area contributed by atoms with Crippen molar-refractivity contribution in [1.29, 1.82) is 0 Å². The number of anilines is 2. The summed E-state index contributed by atoms with van der Waals surface area (Å²) in [6, 6.07) is 12.3. The monoisotopic (exact) mass is 596 g/mol. The molecule has 3 heterocycles. The van der Waals surface area contributed by atoms with E-state index in [1.54, 1.807) is 18.5 Å². The van der Waals surface area contributed by atoms with Crippen LogP contribution in [0.15, 0.2) is 83.8 Å². The van der Waals surface area contributed by atoms with E-state index in [9.17, 15) is 13.6 Å². The average molecular weight is 597 g/mol. The molecule has 2 aliphatic heterocycles. The Morgan fingerprint density at radius 1 is 1.20 bits per heavy atom. The number of carbonyl (C=O) groups is 1. The molecule has 2 aliphatic rings. The topological polar surface area (TPSA) is 82.1 Å². The molecule has 0 spiro atoms. The van der Waals surface area contributed by atoms with Crippen LogP contribution in [0, 0.1) is 0 Å². The van der Waals surface area contributed by atoms with Gasteiger partial charge < -0.3 is 25.2 Å². The Balaban J connectivity index is 1.53. The third-order valence-electron chi connectivity index (χ3n) is 6.56. The second kappa shape index (κ2) is 12.6. The van der Waals surface area contributed by atoms with E-state index in [-0.39, 0.29) is 22.6 Å². The second-order valence-electron chi connectivity index (χ2n) is 9.26. The van der Waals surface area contributed by atoms with E-state index in [1.165, 1.54) is 35.6 Å². The smallest absolute Gasteiger partial charge is 0.387 e. The number of nitrogens with zero attached hydrogens (tertiary/aromatic N) is 4. The molecule has 0 unspecified atom stereocenters. The highest BCUT2D eigenvalue weighted by Gasteiger charge is 2.23. The van der Waals surface area contributed by atoms with Gasteiger partial charge in [-0.05, 0) is 55.6 Å². The van der Waals surface area contributed by atoms with Crippen LogP contribution < -0.4 is 20.3 Å². The number of thiazole rings is 1. The molecular weight excluding hydrogens is 570 g/mol. The Bertz CT molecular complexity index is 1530. The molecule has 8 nitrogen and oxygen atoms in total. The predicted octanol–water partition coefficient (Wildman–Crippen LogP) is 6.01. The summed E-state index contributed by atoms with van der Waals surface area (Å²) in [6.07, 6.45) is 6.26. The quantitative estimate of drug-likeness (QED) is 0.310. The van der Waals surface area contributed by atoms with E-state index in [4.69, 9.17) is 21.3 Å². The standard InChI is InChI=1S/C29H27ClF2N6O2S/c1-3-21(25-33-11-4-12-34-25)26(39)36-28-24(22-17-19(30)7-10-23(22)40-29(31)32)35-27(41-28)18-5-8-20(9-6-18)38-15-13-37(2)14-16-38/h3-12,17,29,33H,1,13-16H2,2H3,(H,36,39)/b25-21-. The van der Waals surface area contributed by atoms with Gasteiger partial charge in [0.1, 0.15) is 27.3 Å². The van der Waals surface area contributed by atoms with Crippen molar-refractivity contribution in [3.63, 3.8) is 0 Å². The molecule has 0 atom stereocenters. The number of aromatic nitrogens is 1. The Morgan fingerprint density at radius 3 is 2.61 bits per heavy atom. The lowest BCUT2D eigenvalue weighted by Gasteiger charge is -2.34. The summed E-state index contributed by atoms with van der Waals surface area (Å²) in [4.78, 5) is 26.9. The van der Waals surface area contributed by atoms with E-state index in [1.807, 2.05) is 24.3 Å². The van der Waals surface area contributed by atoms with Crippen LogP contribution in [-0.4, -0.2) is 61.8 Å². The van der Waals surface area contributed by atoms with E-state index in [0.717, 1.165) is 37.4 Å². The fourth-order valence-electron chi connectivity index (χ4n) is 4.42. The molecule has 0 aliphatic carbocycles. The molecule has 3 aromatic rings. The zero-order valence-electron chi connectivity index (χ0n) is 22.1. The molecule has 0 bridgehead atoms. The molecular formula is C29H27ClF2N6O2S. The molecule has 12 heteroatoms. The van der Waals surface area contributed by atoms with E-state index in [2.05, 4.69) is 39.1 Å². The van der Waals surface area contributed by atoms with Crippen molar-refractivity contribution in [3.05, 3.63) is 83.8 Å². The summed E-state index contributed by atoms with van der Waals surface area (Å²) in [5.74, 6) is -0.307. The lowest BCUT2D eigenvalue weighted by Crippen LogP contribution is -2.44. The van der Waals surface area contributed by atoms with Gasteiger partial charge in [-0.25, -0.2) is 9.98 Å². The minimum absolute atomic E-state index is 0.117. The number of amides is 1. The zero-order chi connectivity index (χ0) is 28.9. The average Bonchev–Trinajstić information content (AvgIpc) is 3.38. The molecule has 1 fully saturated rings. The second-order valence-corrected chi connectivity index (χ2v) is 10.7. The lowest BCUT2D eigenvalue weighted by atomic mass is 10.1. The molecule has 1 amide bonds. The van der Waals surface area contributed by atoms with Crippen LogP contribution >= 0.6 is 22.9 Å². The van der Waals surface area contributed by atoms with E-state index < -0.39 is 12.5 Å². The number of benzene rings is 2. The van der Waals surface area contributed by atoms with Gasteiger partial charge in [-0.15, -0.1) is 0 Å². The third-order valence-corrected chi connectivity index (χ3v) is 7.81. The minimum Gasteiger partial charge on any atom is -0.434 e. The van der Waals surface area contributed by atoms with Crippen LogP contribution in [0.2, 0.25) is 5.02 Å². The highest BCUT2D eigenvalue weighted by atomic mass is 35.5. The van der Waals surface area contributed by atoms with Crippen molar-refractivity contribution in [2.24, 2.45) is 4.99 Å². The van der Waals surface area contributed by atoms with Crippen molar-refractivity contribution < 1.29 is 18.3 Å². The number of alkyl halides is 2. The number of rotatable bonds is 8. The minimum atomic E-state index is -3.06. The molecule has 0 saturated carbocycles. The summed E-state index contributed by atoms with van der Waals surface area (Å²) < 4.78 is 31.3. The van der Waals surface area contributed by atoms with Crippen LogP contribution in [0.4, 0.5) is 19.5 Å². The van der Waals surface area contributed by atoms with Gasteiger partial charge in [-0.2, -0.15) is 8.78 Å². The van der Waals surface area contributed by atoms with E-state index in [0.29, 0.717) is 20.9 Å². The van der Waals surface area contributed by atoms with Gasteiger partial charge in [0.2, 0.25) is 0 Å². The highest BCUT2D eigenvalue weighted by molar-refractivity contribution is 7.19. The first-order chi connectivity index (χ1) is 19.8. The van der Waals surface area contributed by atoms with Gasteiger partial charge in [0.05, 0.1) is 5.57 Å². The summed E-state index contributed by atoms with van der Waals surface area (Å²) in [6.45, 7) is 4.53. The highest BCUT2D eigenvalue weighted by Crippen LogP contribution is 2.43. The number of likely N-dealkylation sites (N-methyl/N-ethyl adjacent to an activating group) is 1. The molecule has 2 N–H and O–H groups in total. The Kier molecular flexibility index (Phi) is 8.77. The van der Waals surface area contributed by atoms with Crippen molar-refractivity contribution in [3.8, 4) is 27.6 Å². The van der Waals surface area contributed by atoms with E-state index >= 15 is 0 Å². The number of ether oxygens (including phenoxy) is 1. The largest absolute Gasteiger partial charge is 0.434 e. The van der Waals surface area contributed by atoms with Gasteiger partial charge in [-0.3, -0.25) is 4.79 Å². The fraction of sp³-hybridized carbons (Fsp3) is 0.207. The fourth-order valence-corrected chi connectivity index (χ4v) is 5.57. The van der Waals surface area contributed by atoms with Gasteiger partial charge in [0.25, 0.3) is 5.91 Å². The number of nitrogens with one attached hydrogen (secondary N) is 2. The molecule has 5 rings (SSSR count). The van der Waals surface area contributed by atoms with Crippen molar-refractivity contribution in [2.75, 3.05) is 43.4 Å². The normalized spacial score (nSPS) is 16.5. The molecule has 41 heavy (non-hydrogen) atoms. The number of aliphatic imine (C=N–C) groups is 1. The number of halogens is 3. The van der Waals surface area contributed by atoms with Crippen LogP contribution in [0.25, 0.3) is 21.8 Å². The predicted molar refractivity (Wildman–Crippen MR) is 161 cm³/mol. The first-order valence-corrected chi connectivity index (χ1v) is 13.9. The van der Waals surface area contributed by atoms with Gasteiger partial charge in [-0.1, -0.05) is 35.6 Å². The zero-order valence-corrected chi connectivity index (χ0v) is 23.7. The number of hydrogen-bond acceptors (Lipinski definition) is 8. The Labute approximate surface area is 245 Å². The summed E-state index contributed by atoms with van der Waals surface area (Å²) in [5, 5.41) is 6.98. The third kappa shape index (κ3) is 6.64. The van der Waals surface area contributed by atoms with Gasteiger partial charge in [0.15, 0.2) is 0 Å². The van der Waals surface area contributed by atoms with Crippen LogP contribution in [0.3, 0.4) is 0 Å². The maximum Gasteiger partial charge on any atom is 0.387 e. The molecule has 1 aromatic heterocycles. The first-order valence-electron chi connectivity index (χ1n) is 12.8. The van der Waals surface area contributed by atoms with Crippen molar-refractivity contribution >= 4 is 45.7 Å². The number of carbonyl (C=O) groups excluding carboxylic acids is 1. The molecule has 1 saturated heterocycles. The van der Waals surface area contributed by atoms with Crippen LogP contribution in [-0.2, 0) is 4.79 Å². The summed E-state index contributed by atoms with van der Waals surface area (Å²) in [5.41, 5.74) is 2.56. The Morgan fingerprint density at radius 2 is 1.95 bits per heavy atom. The molecule has 0 radical (unpaired) electrons. The Hall–Kier alpha value is -4.06. The first kappa shape index (κ1) is 28.5. The maximum atomic E-state index is 13.4. The number of piperazine rings is 1. The molecule has 212 valence electrons. The van der Waals surface area contributed by atoms with Crippen molar-refractivity contribution in [1.82, 2.24) is 15.2 Å². The number of allylic oxidation sites excluding steroid dienone is 1.